The van der Waals surface area contributed by atoms with Crippen molar-refractivity contribution in [3.8, 4) is 5.88 Å². The van der Waals surface area contributed by atoms with Crippen molar-refractivity contribution in [2.75, 3.05) is 7.11 Å². The molecule has 0 aliphatic heterocycles. The van der Waals surface area contributed by atoms with Gasteiger partial charge in [-0.2, -0.15) is 0 Å². The summed E-state index contributed by atoms with van der Waals surface area (Å²) < 4.78 is 29.4. The van der Waals surface area contributed by atoms with Gasteiger partial charge in [0.1, 0.15) is 0 Å². The summed E-state index contributed by atoms with van der Waals surface area (Å²) in [7, 11) is 1.22. The number of pyridine rings is 1. The molecule has 1 N–H and O–H groups in total. The van der Waals surface area contributed by atoms with Crippen LogP contribution in [-0.2, 0) is 0 Å². The van der Waals surface area contributed by atoms with E-state index < -0.39 is 23.7 Å². The molecule has 4 nitrogen and oxygen atoms in total. The molecule has 0 spiro atoms. The second-order valence-electron chi connectivity index (χ2n) is 2.52. The topological polar surface area (TPSA) is 59.4 Å². The van der Waals surface area contributed by atoms with Crippen LogP contribution in [0.5, 0.6) is 5.88 Å². The number of carbonyl (C=O) groups is 1. The number of rotatable bonds is 3. The highest BCUT2D eigenvalue weighted by Crippen LogP contribution is 2.31. The smallest absolute Gasteiger partial charge is 0.355 e. The van der Waals surface area contributed by atoms with Crippen LogP contribution in [-0.4, -0.2) is 23.2 Å². The Morgan fingerprint density at radius 2 is 2.27 bits per heavy atom. The van der Waals surface area contributed by atoms with Crippen LogP contribution < -0.4 is 4.74 Å². The highest BCUT2D eigenvalue weighted by Gasteiger charge is 2.21. The fraction of sp³-hybridized carbons (Fsp3) is 0.250. The van der Waals surface area contributed by atoms with E-state index in [0.717, 1.165) is 6.07 Å². The Morgan fingerprint density at radius 3 is 2.67 bits per heavy atom. The summed E-state index contributed by atoms with van der Waals surface area (Å²) >= 11 is 2.77. The molecule has 15 heavy (non-hydrogen) atoms. The lowest BCUT2D eigenvalue weighted by molar-refractivity contribution is 0.0687. The maximum absolute atomic E-state index is 12.5. The average Bonchev–Trinajstić information content (AvgIpc) is 2.17. The number of hydrogen-bond donors (Lipinski definition) is 1. The fourth-order valence-electron chi connectivity index (χ4n) is 0.930. The van der Waals surface area contributed by atoms with Crippen LogP contribution in [0.1, 0.15) is 22.5 Å². The zero-order valence-electron chi connectivity index (χ0n) is 7.50. The molecule has 1 rings (SSSR count). The van der Waals surface area contributed by atoms with Crippen LogP contribution in [0.25, 0.3) is 0 Å². The van der Waals surface area contributed by atoms with Crippen LogP contribution in [0.4, 0.5) is 8.78 Å². The standard InChI is InChI=1S/C8H6BrF2NO3/c1-15-4-2-3(7(10)11)5(9)6(12-4)8(13)14/h2,7H,1H3,(H,13,14). The van der Waals surface area contributed by atoms with Crippen molar-refractivity contribution in [1.82, 2.24) is 4.98 Å². The molecule has 0 unspecified atom stereocenters. The van der Waals surface area contributed by atoms with Crippen LogP contribution in [0.2, 0.25) is 0 Å². The lowest BCUT2D eigenvalue weighted by Gasteiger charge is -2.08. The summed E-state index contributed by atoms with van der Waals surface area (Å²) in [6.07, 6.45) is -2.80. The molecule has 0 bridgehead atoms. The first-order chi connectivity index (χ1) is 6.97. The Balaban J connectivity index is 3.40. The summed E-state index contributed by atoms with van der Waals surface area (Å²) in [5.41, 5.74) is -0.955. The maximum atomic E-state index is 12.5. The van der Waals surface area contributed by atoms with E-state index in [2.05, 4.69) is 25.7 Å². The van der Waals surface area contributed by atoms with E-state index in [4.69, 9.17) is 5.11 Å². The van der Waals surface area contributed by atoms with E-state index in [1.165, 1.54) is 7.11 Å². The molecule has 0 aliphatic rings. The number of aromatic nitrogens is 1. The number of halogens is 3. The third-order valence-corrected chi connectivity index (χ3v) is 2.44. The molecule has 0 saturated heterocycles. The van der Waals surface area contributed by atoms with Crippen molar-refractivity contribution in [1.29, 1.82) is 0 Å². The number of nitrogens with zero attached hydrogens (tertiary/aromatic N) is 1. The molecule has 82 valence electrons. The van der Waals surface area contributed by atoms with E-state index in [1.807, 2.05) is 0 Å². The lowest BCUT2D eigenvalue weighted by Crippen LogP contribution is -2.06. The maximum Gasteiger partial charge on any atom is 0.355 e. The molecule has 7 heteroatoms. The van der Waals surface area contributed by atoms with E-state index in [9.17, 15) is 13.6 Å². The predicted octanol–water partition coefficient (Wildman–Crippen LogP) is 2.49. The predicted molar refractivity (Wildman–Crippen MR) is 50.4 cm³/mol. The molecule has 1 aromatic heterocycles. The minimum atomic E-state index is -2.80. The molecular weight excluding hydrogens is 276 g/mol. The molecule has 1 aromatic rings. The van der Waals surface area contributed by atoms with Crippen molar-refractivity contribution < 1.29 is 23.4 Å². The van der Waals surface area contributed by atoms with Crippen molar-refractivity contribution in [2.45, 2.75) is 6.43 Å². The van der Waals surface area contributed by atoms with Gasteiger partial charge in [-0.1, -0.05) is 0 Å². The fourth-order valence-corrected chi connectivity index (χ4v) is 1.48. The summed E-state index contributed by atoms with van der Waals surface area (Å²) in [6, 6.07) is 0.987. The monoisotopic (exact) mass is 281 g/mol. The van der Waals surface area contributed by atoms with Crippen molar-refractivity contribution in [3.63, 3.8) is 0 Å². The first kappa shape index (κ1) is 11.8. The van der Waals surface area contributed by atoms with Gasteiger partial charge in [0.2, 0.25) is 5.88 Å². The van der Waals surface area contributed by atoms with Gasteiger partial charge in [-0.25, -0.2) is 18.6 Å². The summed E-state index contributed by atoms with van der Waals surface area (Å²) in [5, 5.41) is 8.70. The SMILES string of the molecule is COc1cc(C(F)F)c(Br)c(C(=O)O)n1. The molecule has 0 saturated carbocycles. The highest BCUT2D eigenvalue weighted by molar-refractivity contribution is 9.10. The number of ether oxygens (including phenoxy) is 1. The lowest BCUT2D eigenvalue weighted by atomic mass is 10.2. The Labute approximate surface area is 92.0 Å². The normalized spacial score (nSPS) is 10.5. The molecule has 0 atom stereocenters. The van der Waals surface area contributed by atoms with Gasteiger partial charge in [-0.3, -0.25) is 0 Å². The summed E-state index contributed by atoms with van der Waals surface area (Å²) in [4.78, 5) is 14.2. The van der Waals surface area contributed by atoms with Gasteiger partial charge in [0.25, 0.3) is 6.43 Å². The Morgan fingerprint density at radius 1 is 1.67 bits per heavy atom. The number of hydrogen-bond acceptors (Lipinski definition) is 3. The molecule has 0 radical (unpaired) electrons. The summed E-state index contributed by atoms with van der Waals surface area (Å²) in [6.45, 7) is 0. The van der Waals surface area contributed by atoms with Gasteiger partial charge < -0.3 is 9.84 Å². The number of aromatic carboxylic acids is 1. The Hall–Kier alpha value is -1.24. The highest BCUT2D eigenvalue weighted by atomic mass is 79.9. The minimum absolute atomic E-state index is 0.161. The second kappa shape index (κ2) is 4.52. The second-order valence-corrected chi connectivity index (χ2v) is 3.32. The minimum Gasteiger partial charge on any atom is -0.481 e. The van der Waals surface area contributed by atoms with Crippen molar-refractivity contribution >= 4 is 21.9 Å². The summed E-state index contributed by atoms with van der Waals surface area (Å²) in [5.74, 6) is -1.56. The third-order valence-electron chi connectivity index (χ3n) is 1.61. The van der Waals surface area contributed by atoms with E-state index in [1.54, 1.807) is 0 Å². The Kier molecular flexibility index (Phi) is 3.57. The Bertz CT molecular complexity index is 398. The molecular formula is C8H6BrF2NO3. The van der Waals surface area contributed by atoms with Crippen molar-refractivity contribution in [3.05, 3.63) is 21.8 Å². The van der Waals surface area contributed by atoms with E-state index in [0.29, 0.717) is 0 Å². The van der Waals surface area contributed by atoms with Gasteiger partial charge in [-0.05, 0) is 15.9 Å². The van der Waals surface area contributed by atoms with Gasteiger partial charge >= 0.3 is 5.97 Å². The number of alkyl halides is 2. The van der Waals surface area contributed by atoms with E-state index in [-0.39, 0.29) is 10.4 Å². The molecule has 0 amide bonds. The van der Waals surface area contributed by atoms with Crippen LogP contribution >= 0.6 is 15.9 Å². The van der Waals surface area contributed by atoms with Crippen LogP contribution in [0.3, 0.4) is 0 Å². The van der Waals surface area contributed by atoms with E-state index >= 15 is 0 Å². The molecule has 0 aromatic carbocycles. The first-order valence-corrected chi connectivity index (χ1v) is 4.52. The first-order valence-electron chi connectivity index (χ1n) is 3.73. The zero-order valence-corrected chi connectivity index (χ0v) is 9.09. The largest absolute Gasteiger partial charge is 0.481 e. The van der Waals surface area contributed by atoms with Gasteiger partial charge in [0.15, 0.2) is 5.69 Å². The van der Waals surface area contributed by atoms with Gasteiger partial charge in [0.05, 0.1) is 11.6 Å². The van der Waals surface area contributed by atoms with Gasteiger partial charge in [-0.15, -0.1) is 0 Å². The number of carboxylic acids is 1. The third kappa shape index (κ3) is 2.41. The van der Waals surface area contributed by atoms with Crippen LogP contribution in [0.15, 0.2) is 10.5 Å². The zero-order chi connectivity index (χ0) is 11.6. The molecule has 0 aliphatic carbocycles. The molecule has 1 heterocycles. The molecule has 0 fully saturated rings. The average molecular weight is 282 g/mol. The number of carboxylic acid groups (broad SMARTS) is 1. The quantitative estimate of drug-likeness (QED) is 0.925. The van der Waals surface area contributed by atoms with Crippen molar-refractivity contribution in [2.24, 2.45) is 0 Å². The van der Waals surface area contributed by atoms with Gasteiger partial charge in [0, 0.05) is 11.6 Å². The van der Waals surface area contributed by atoms with Crippen LogP contribution in [0, 0.1) is 0 Å². The number of methoxy groups -OCH3 is 1.